The van der Waals surface area contributed by atoms with Gasteiger partial charge in [-0.05, 0) is 51.0 Å². The Morgan fingerprint density at radius 3 is 2.59 bits per heavy atom. The third-order valence-electron chi connectivity index (χ3n) is 4.03. The number of hydrogen-bond donors (Lipinski definition) is 1. The van der Waals surface area contributed by atoms with Gasteiger partial charge in [-0.2, -0.15) is 0 Å². The molecule has 0 atom stereocenters. The number of carbonyl (C=O) groups excluding carboxylic acids is 1. The highest BCUT2D eigenvalue weighted by Crippen LogP contribution is 2.22. The van der Waals surface area contributed by atoms with Crippen LogP contribution in [0.15, 0.2) is 36.4 Å². The standard InChI is InChI=1S/C18H21N3O/c1-13-6-5-7-15(12-13)18(22)20-16-8-9-17(19-14(16)2)21-10-3-4-11-21/h5-9,12H,3-4,10-11H2,1-2H3,(H,20,22). The second kappa shape index (κ2) is 6.18. The van der Waals surface area contributed by atoms with E-state index >= 15 is 0 Å². The highest BCUT2D eigenvalue weighted by molar-refractivity contribution is 6.04. The van der Waals surface area contributed by atoms with Crippen LogP contribution in [-0.4, -0.2) is 24.0 Å². The van der Waals surface area contributed by atoms with Crippen LogP contribution in [0.2, 0.25) is 0 Å². The van der Waals surface area contributed by atoms with Gasteiger partial charge in [-0.15, -0.1) is 0 Å². The minimum atomic E-state index is -0.0949. The Balaban J connectivity index is 1.76. The van der Waals surface area contributed by atoms with Gasteiger partial charge < -0.3 is 10.2 Å². The first-order valence-electron chi connectivity index (χ1n) is 7.74. The van der Waals surface area contributed by atoms with Crippen LogP contribution in [0.1, 0.15) is 34.5 Å². The second-order valence-electron chi connectivity index (χ2n) is 5.82. The SMILES string of the molecule is Cc1cccc(C(=O)Nc2ccc(N3CCCC3)nc2C)c1. The monoisotopic (exact) mass is 295 g/mol. The molecule has 0 aliphatic carbocycles. The summed E-state index contributed by atoms with van der Waals surface area (Å²) in [4.78, 5) is 19.2. The molecule has 1 aromatic heterocycles. The molecule has 1 N–H and O–H groups in total. The summed E-state index contributed by atoms with van der Waals surface area (Å²) in [6.45, 7) is 6.06. The van der Waals surface area contributed by atoms with E-state index < -0.39 is 0 Å². The molecule has 0 unspecified atom stereocenters. The Morgan fingerprint density at radius 2 is 1.91 bits per heavy atom. The molecule has 2 aromatic rings. The molecule has 4 nitrogen and oxygen atoms in total. The Kier molecular flexibility index (Phi) is 4.09. The van der Waals surface area contributed by atoms with Crippen molar-refractivity contribution in [1.29, 1.82) is 0 Å². The van der Waals surface area contributed by atoms with Gasteiger partial charge in [-0.3, -0.25) is 4.79 Å². The molecule has 1 aliphatic heterocycles. The van der Waals surface area contributed by atoms with Crippen molar-refractivity contribution in [2.45, 2.75) is 26.7 Å². The third-order valence-corrected chi connectivity index (χ3v) is 4.03. The van der Waals surface area contributed by atoms with Crippen molar-refractivity contribution in [3.8, 4) is 0 Å². The molecule has 4 heteroatoms. The van der Waals surface area contributed by atoms with E-state index in [0.717, 1.165) is 35.9 Å². The smallest absolute Gasteiger partial charge is 0.255 e. The van der Waals surface area contributed by atoms with Crippen LogP contribution in [0.3, 0.4) is 0 Å². The van der Waals surface area contributed by atoms with Crippen LogP contribution < -0.4 is 10.2 Å². The topological polar surface area (TPSA) is 45.2 Å². The number of nitrogens with one attached hydrogen (secondary N) is 1. The number of hydrogen-bond acceptors (Lipinski definition) is 3. The summed E-state index contributed by atoms with van der Waals surface area (Å²) < 4.78 is 0. The van der Waals surface area contributed by atoms with Crippen LogP contribution in [0.5, 0.6) is 0 Å². The molecular formula is C18H21N3O. The fraction of sp³-hybridized carbons (Fsp3) is 0.333. The zero-order chi connectivity index (χ0) is 15.5. The number of carbonyl (C=O) groups is 1. The summed E-state index contributed by atoms with van der Waals surface area (Å²) in [5.74, 6) is 0.908. The number of amides is 1. The van der Waals surface area contributed by atoms with Gasteiger partial charge >= 0.3 is 0 Å². The molecule has 0 bridgehead atoms. The van der Waals surface area contributed by atoms with Crippen LogP contribution >= 0.6 is 0 Å². The van der Waals surface area contributed by atoms with Crippen molar-refractivity contribution in [3.05, 3.63) is 53.2 Å². The molecule has 114 valence electrons. The Hall–Kier alpha value is -2.36. The van der Waals surface area contributed by atoms with Gasteiger partial charge in [0.25, 0.3) is 5.91 Å². The maximum Gasteiger partial charge on any atom is 0.255 e. The number of anilines is 2. The molecule has 0 spiro atoms. The molecule has 1 fully saturated rings. The molecule has 2 heterocycles. The molecule has 1 saturated heterocycles. The lowest BCUT2D eigenvalue weighted by molar-refractivity contribution is 0.102. The van der Waals surface area contributed by atoms with Crippen molar-refractivity contribution in [2.24, 2.45) is 0 Å². The largest absolute Gasteiger partial charge is 0.357 e. The average Bonchev–Trinajstić information content (AvgIpc) is 3.03. The number of benzene rings is 1. The van der Waals surface area contributed by atoms with E-state index in [4.69, 9.17) is 0 Å². The summed E-state index contributed by atoms with van der Waals surface area (Å²) in [5, 5.41) is 2.95. The molecule has 1 amide bonds. The number of nitrogens with zero attached hydrogens (tertiary/aromatic N) is 2. The average molecular weight is 295 g/mol. The minimum absolute atomic E-state index is 0.0949. The molecule has 0 saturated carbocycles. The fourth-order valence-corrected chi connectivity index (χ4v) is 2.78. The lowest BCUT2D eigenvalue weighted by Gasteiger charge is -2.18. The number of pyridine rings is 1. The van der Waals surface area contributed by atoms with E-state index in [9.17, 15) is 4.79 Å². The minimum Gasteiger partial charge on any atom is -0.357 e. The molecular weight excluding hydrogens is 274 g/mol. The fourth-order valence-electron chi connectivity index (χ4n) is 2.78. The van der Waals surface area contributed by atoms with Crippen molar-refractivity contribution < 1.29 is 4.79 Å². The zero-order valence-electron chi connectivity index (χ0n) is 13.1. The lowest BCUT2D eigenvalue weighted by atomic mass is 10.1. The summed E-state index contributed by atoms with van der Waals surface area (Å²) in [5.41, 5.74) is 3.37. The predicted molar refractivity (Wildman–Crippen MR) is 89.6 cm³/mol. The Labute approximate surface area is 131 Å². The van der Waals surface area contributed by atoms with E-state index in [-0.39, 0.29) is 5.91 Å². The van der Waals surface area contributed by atoms with Crippen LogP contribution in [-0.2, 0) is 0 Å². The van der Waals surface area contributed by atoms with Crippen LogP contribution in [0, 0.1) is 13.8 Å². The van der Waals surface area contributed by atoms with Crippen molar-refractivity contribution in [3.63, 3.8) is 0 Å². The van der Waals surface area contributed by atoms with E-state index in [1.165, 1.54) is 12.8 Å². The summed E-state index contributed by atoms with van der Waals surface area (Å²) >= 11 is 0. The highest BCUT2D eigenvalue weighted by Gasteiger charge is 2.15. The van der Waals surface area contributed by atoms with Crippen LogP contribution in [0.25, 0.3) is 0 Å². The quantitative estimate of drug-likeness (QED) is 0.942. The van der Waals surface area contributed by atoms with Gasteiger partial charge in [-0.1, -0.05) is 17.7 Å². The summed E-state index contributed by atoms with van der Waals surface area (Å²) in [6, 6.07) is 11.5. The number of rotatable bonds is 3. The molecule has 1 aromatic carbocycles. The van der Waals surface area contributed by atoms with E-state index in [0.29, 0.717) is 5.56 Å². The zero-order valence-corrected chi connectivity index (χ0v) is 13.1. The summed E-state index contributed by atoms with van der Waals surface area (Å²) in [7, 11) is 0. The first kappa shape index (κ1) is 14.6. The highest BCUT2D eigenvalue weighted by atomic mass is 16.1. The van der Waals surface area contributed by atoms with Crippen molar-refractivity contribution in [1.82, 2.24) is 4.98 Å². The Bertz CT molecular complexity index is 690. The first-order chi connectivity index (χ1) is 10.6. The molecule has 3 rings (SSSR count). The number of aryl methyl sites for hydroxylation is 2. The maximum absolute atomic E-state index is 12.3. The van der Waals surface area contributed by atoms with Gasteiger partial charge in [0.1, 0.15) is 5.82 Å². The number of aromatic nitrogens is 1. The van der Waals surface area contributed by atoms with Crippen molar-refractivity contribution in [2.75, 3.05) is 23.3 Å². The van der Waals surface area contributed by atoms with Gasteiger partial charge in [0.2, 0.25) is 0 Å². The summed E-state index contributed by atoms with van der Waals surface area (Å²) in [6.07, 6.45) is 2.46. The normalized spacial score (nSPS) is 14.2. The maximum atomic E-state index is 12.3. The van der Waals surface area contributed by atoms with E-state index in [1.54, 1.807) is 0 Å². The van der Waals surface area contributed by atoms with Gasteiger partial charge in [0.05, 0.1) is 11.4 Å². The first-order valence-corrected chi connectivity index (χ1v) is 7.74. The predicted octanol–water partition coefficient (Wildman–Crippen LogP) is 3.55. The molecule has 22 heavy (non-hydrogen) atoms. The second-order valence-corrected chi connectivity index (χ2v) is 5.82. The van der Waals surface area contributed by atoms with Crippen LogP contribution in [0.4, 0.5) is 11.5 Å². The van der Waals surface area contributed by atoms with E-state index in [2.05, 4.69) is 15.2 Å². The Morgan fingerprint density at radius 1 is 1.14 bits per heavy atom. The van der Waals surface area contributed by atoms with Gasteiger partial charge in [0.15, 0.2) is 0 Å². The van der Waals surface area contributed by atoms with Gasteiger partial charge in [-0.25, -0.2) is 4.98 Å². The third kappa shape index (κ3) is 3.11. The van der Waals surface area contributed by atoms with E-state index in [1.807, 2.05) is 50.2 Å². The molecule has 1 aliphatic rings. The lowest BCUT2D eigenvalue weighted by Crippen LogP contribution is -2.20. The van der Waals surface area contributed by atoms with Gasteiger partial charge in [0, 0.05) is 18.7 Å². The van der Waals surface area contributed by atoms with Crippen molar-refractivity contribution >= 4 is 17.4 Å². The molecule has 0 radical (unpaired) electrons.